The molecule has 2 aliphatic rings. The highest BCUT2D eigenvalue weighted by Gasteiger charge is 2.34. The zero-order chi connectivity index (χ0) is 14.2. The van der Waals surface area contributed by atoms with Crippen LogP contribution in [0.2, 0.25) is 0 Å². The summed E-state index contributed by atoms with van der Waals surface area (Å²) in [5.41, 5.74) is 0.355. The maximum atomic E-state index is 12.5. The molecule has 0 radical (unpaired) electrons. The Kier molecular flexibility index (Phi) is 3.27. The van der Waals surface area contributed by atoms with Gasteiger partial charge >= 0.3 is 6.18 Å². The van der Waals surface area contributed by atoms with Crippen molar-refractivity contribution in [2.45, 2.75) is 31.5 Å². The molecule has 7 heteroatoms. The van der Waals surface area contributed by atoms with Crippen LogP contribution in [0, 0.1) is 0 Å². The minimum atomic E-state index is -4.47. The van der Waals surface area contributed by atoms with Gasteiger partial charge in [0.25, 0.3) is 0 Å². The first-order valence-corrected chi connectivity index (χ1v) is 6.52. The fraction of sp³-hybridized carbons (Fsp3) is 0.538. The molecule has 1 saturated heterocycles. The van der Waals surface area contributed by atoms with E-state index in [0.717, 1.165) is 38.2 Å². The molecule has 3 heterocycles. The molecule has 0 amide bonds. The largest absolute Gasteiger partial charge is 0.475 e. The van der Waals surface area contributed by atoms with E-state index in [1.165, 1.54) is 5.70 Å². The van der Waals surface area contributed by atoms with Gasteiger partial charge in [0.05, 0.1) is 6.04 Å². The van der Waals surface area contributed by atoms with E-state index < -0.39 is 11.9 Å². The molecule has 1 fully saturated rings. The van der Waals surface area contributed by atoms with Crippen molar-refractivity contribution < 1.29 is 17.9 Å². The van der Waals surface area contributed by atoms with E-state index >= 15 is 0 Å². The first kappa shape index (κ1) is 13.2. The Morgan fingerprint density at radius 3 is 3.00 bits per heavy atom. The van der Waals surface area contributed by atoms with Gasteiger partial charge in [-0.3, -0.25) is 0 Å². The lowest BCUT2D eigenvalue weighted by Crippen LogP contribution is -2.32. The molecule has 0 spiro atoms. The average molecular weight is 285 g/mol. The van der Waals surface area contributed by atoms with E-state index in [1.807, 2.05) is 0 Å². The number of alkyl halides is 3. The zero-order valence-corrected chi connectivity index (χ0v) is 10.7. The van der Waals surface area contributed by atoms with Gasteiger partial charge in [-0.25, -0.2) is 9.97 Å². The van der Waals surface area contributed by atoms with E-state index in [4.69, 9.17) is 4.74 Å². The smallest absolute Gasteiger partial charge is 0.433 e. The number of allylic oxidation sites excluding steroid dienone is 1. The molecule has 0 unspecified atom stereocenters. The first-order chi connectivity index (χ1) is 9.54. The number of aromatic nitrogens is 2. The van der Waals surface area contributed by atoms with E-state index in [9.17, 15) is 13.2 Å². The Morgan fingerprint density at radius 2 is 2.20 bits per heavy atom. The summed E-state index contributed by atoms with van der Waals surface area (Å²) in [4.78, 5) is 9.21. The van der Waals surface area contributed by atoms with Gasteiger partial charge < -0.3 is 9.64 Å². The van der Waals surface area contributed by atoms with E-state index in [2.05, 4.69) is 20.9 Å². The fourth-order valence-electron chi connectivity index (χ4n) is 2.69. The van der Waals surface area contributed by atoms with Gasteiger partial charge in [0, 0.05) is 18.3 Å². The standard InChI is InChI=1S/C13H14F3N3O/c14-13(15,16)11-6-12(18-8-17-11)20-7-10-4-3-9-2-1-5-19(9)10/h2,6,8,10H,1,3-5,7H2/t10-/m0/s1. The molecule has 20 heavy (non-hydrogen) atoms. The predicted molar refractivity (Wildman–Crippen MR) is 65.0 cm³/mol. The van der Waals surface area contributed by atoms with Crippen LogP contribution in [0.3, 0.4) is 0 Å². The summed E-state index contributed by atoms with van der Waals surface area (Å²) >= 11 is 0. The Hall–Kier alpha value is -1.79. The molecule has 4 nitrogen and oxygen atoms in total. The van der Waals surface area contributed by atoms with Crippen LogP contribution in [0.25, 0.3) is 0 Å². The number of ether oxygens (including phenoxy) is 1. The maximum Gasteiger partial charge on any atom is 0.433 e. The Morgan fingerprint density at radius 1 is 1.35 bits per heavy atom. The van der Waals surface area contributed by atoms with Gasteiger partial charge in [-0.15, -0.1) is 0 Å². The third-order valence-corrected chi connectivity index (χ3v) is 3.65. The van der Waals surface area contributed by atoms with Crippen LogP contribution in [-0.2, 0) is 6.18 Å². The highest BCUT2D eigenvalue weighted by molar-refractivity contribution is 5.17. The van der Waals surface area contributed by atoms with Gasteiger partial charge in [-0.05, 0) is 19.3 Å². The molecule has 0 bridgehead atoms. The van der Waals surface area contributed by atoms with Crippen LogP contribution in [0.1, 0.15) is 25.0 Å². The van der Waals surface area contributed by atoms with Crippen LogP contribution in [0.4, 0.5) is 13.2 Å². The first-order valence-electron chi connectivity index (χ1n) is 6.52. The predicted octanol–water partition coefficient (Wildman–Crippen LogP) is 2.63. The molecular weight excluding hydrogens is 271 g/mol. The molecular formula is C13H14F3N3O. The van der Waals surface area contributed by atoms with Crippen LogP contribution in [0.15, 0.2) is 24.2 Å². The van der Waals surface area contributed by atoms with Crippen molar-refractivity contribution in [1.82, 2.24) is 14.9 Å². The quantitative estimate of drug-likeness (QED) is 0.855. The summed E-state index contributed by atoms with van der Waals surface area (Å²) in [6, 6.07) is 1.07. The number of fused-ring (bicyclic) bond motifs is 1. The Bertz CT molecular complexity index is 530. The minimum absolute atomic E-state index is 0.0241. The topological polar surface area (TPSA) is 38.2 Å². The van der Waals surface area contributed by atoms with Gasteiger partial charge in [-0.1, -0.05) is 6.08 Å². The lowest BCUT2D eigenvalue weighted by atomic mass is 10.2. The zero-order valence-electron chi connectivity index (χ0n) is 10.7. The van der Waals surface area contributed by atoms with Crippen LogP contribution < -0.4 is 4.74 Å². The van der Waals surface area contributed by atoms with Crippen LogP contribution >= 0.6 is 0 Å². The summed E-state index contributed by atoms with van der Waals surface area (Å²) in [5.74, 6) is -0.0241. The van der Waals surface area contributed by atoms with Crippen molar-refractivity contribution in [3.05, 3.63) is 29.9 Å². The molecule has 1 aromatic rings. The van der Waals surface area contributed by atoms with Gasteiger partial charge in [0.1, 0.15) is 12.9 Å². The molecule has 0 aliphatic carbocycles. The number of rotatable bonds is 3. The van der Waals surface area contributed by atoms with Crippen molar-refractivity contribution in [1.29, 1.82) is 0 Å². The van der Waals surface area contributed by atoms with Crippen LogP contribution in [-0.4, -0.2) is 34.1 Å². The SMILES string of the molecule is FC(F)(F)c1cc(OC[C@@H]2CCC3=CCCN32)ncn1. The molecule has 108 valence electrons. The molecule has 3 rings (SSSR count). The molecule has 0 aromatic carbocycles. The van der Waals surface area contributed by atoms with E-state index in [-0.39, 0.29) is 11.9 Å². The average Bonchev–Trinajstić information content (AvgIpc) is 2.99. The lowest BCUT2D eigenvalue weighted by molar-refractivity contribution is -0.141. The molecule has 1 atom stereocenters. The highest BCUT2D eigenvalue weighted by atomic mass is 19.4. The van der Waals surface area contributed by atoms with Gasteiger partial charge in [0.15, 0.2) is 5.69 Å². The Labute approximate surface area is 114 Å². The number of halogens is 3. The second kappa shape index (κ2) is 4.96. The minimum Gasteiger partial charge on any atom is -0.475 e. The van der Waals surface area contributed by atoms with Crippen molar-refractivity contribution in [3.63, 3.8) is 0 Å². The fourth-order valence-corrected chi connectivity index (χ4v) is 2.69. The summed E-state index contributed by atoms with van der Waals surface area (Å²) in [7, 11) is 0. The second-order valence-electron chi connectivity index (χ2n) is 4.92. The molecule has 0 saturated carbocycles. The Balaban J connectivity index is 1.63. The van der Waals surface area contributed by atoms with Gasteiger partial charge in [-0.2, -0.15) is 13.2 Å². The van der Waals surface area contributed by atoms with Crippen molar-refractivity contribution in [2.75, 3.05) is 13.2 Å². The highest BCUT2D eigenvalue weighted by Crippen LogP contribution is 2.32. The van der Waals surface area contributed by atoms with E-state index in [0.29, 0.717) is 6.61 Å². The number of nitrogens with zero attached hydrogens (tertiary/aromatic N) is 3. The summed E-state index contributed by atoms with van der Waals surface area (Å²) < 4.78 is 43.0. The maximum absolute atomic E-state index is 12.5. The number of hydrogen-bond acceptors (Lipinski definition) is 4. The summed E-state index contributed by atoms with van der Waals surface area (Å²) in [5, 5.41) is 0. The monoisotopic (exact) mass is 285 g/mol. The van der Waals surface area contributed by atoms with Crippen molar-refractivity contribution in [2.24, 2.45) is 0 Å². The summed E-state index contributed by atoms with van der Waals surface area (Å²) in [6.45, 7) is 1.33. The van der Waals surface area contributed by atoms with Crippen LogP contribution in [0.5, 0.6) is 5.88 Å². The second-order valence-corrected chi connectivity index (χ2v) is 4.92. The van der Waals surface area contributed by atoms with Gasteiger partial charge in [0.2, 0.25) is 5.88 Å². The third kappa shape index (κ3) is 2.57. The van der Waals surface area contributed by atoms with Crippen molar-refractivity contribution >= 4 is 0 Å². The summed E-state index contributed by atoms with van der Waals surface area (Å²) in [6.07, 6.45) is 1.66. The molecule has 0 N–H and O–H groups in total. The number of hydrogen-bond donors (Lipinski definition) is 0. The molecule has 1 aromatic heterocycles. The van der Waals surface area contributed by atoms with E-state index in [1.54, 1.807) is 0 Å². The lowest BCUT2D eigenvalue weighted by Gasteiger charge is -2.23. The third-order valence-electron chi connectivity index (χ3n) is 3.65. The molecule has 2 aliphatic heterocycles. The normalized spacial score (nSPS) is 21.9. The van der Waals surface area contributed by atoms with Crippen molar-refractivity contribution in [3.8, 4) is 5.88 Å².